The first-order valence-corrected chi connectivity index (χ1v) is 8.37. The van der Waals surface area contributed by atoms with Crippen LogP contribution in [0.15, 0.2) is 27.6 Å². The van der Waals surface area contributed by atoms with Crippen LogP contribution in [0.1, 0.15) is 19.3 Å². The van der Waals surface area contributed by atoms with E-state index in [2.05, 4.69) is 15.9 Å². The topological polar surface area (TPSA) is 63.4 Å². The molecule has 2 N–H and O–H groups in total. The van der Waals surface area contributed by atoms with Crippen molar-refractivity contribution in [2.24, 2.45) is 5.73 Å². The van der Waals surface area contributed by atoms with Crippen molar-refractivity contribution in [3.63, 3.8) is 0 Å². The average molecular weight is 351 g/mol. The van der Waals surface area contributed by atoms with Gasteiger partial charge >= 0.3 is 0 Å². The number of nitrogens with two attached hydrogens (primary N) is 1. The normalized spacial score (nSPS) is 21.5. The van der Waals surface area contributed by atoms with E-state index in [-0.39, 0.29) is 15.4 Å². The van der Waals surface area contributed by atoms with Crippen molar-refractivity contribution in [3.8, 4) is 0 Å². The second kappa shape index (κ2) is 5.87. The third-order valence-electron chi connectivity index (χ3n) is 3.33. The van der Waals surface area contributed by atoms with Gasteiger partial charge in [0.2, 0.25) is 10.0 Å². The van der Waals surface area contributed by atoms with Gasteiger partial charge in [-0.25, -0.2) is 12.8 Å². The molecular formula is C12H16BrFN2O2S. The third kappa shape index (κ3) is 2.99. The maximum absolute atomic E-state index is 13.1. The molecule has 1 aromatic carbocycles. The highest BCUT2D eigenvalue weighted by Crippen LogP contribution is 2.29. The quantitative estimate of drug-likeness (QED) is 0.907. The van der Waals surface area contributed by atoms with Crippen LogP contribution in [-0.4, -0.2) is 31.9 Å². The molecule has 0 amide bonds. The lowest BCUT2D eigenvalue weighted by atomic mass is 10.1. The number of hydrogen-bond acceptors (Lipinski definition) is 3. The molecule has 0 aliphatic carbocycles. The molecule has 7 heteroatoms. The molecule has 4 nitrogen and oxygen atoms in total. The molecule has 2 rings (SSSR count). The highest BCUT2D eigenvalue weighted by molar-refractivity contribution is 9.10. The Labute approximate surface area is 121 Å². The standard InChI is InChI=1S/C12H16BrFN2O2S/c13-11-7-9(14)4-5-12(11)19(17,18)16-6-2-1-3-10(16)8-15/h4-5,7,10H,1-3,6,8,15H2. The smallest absolute Gasteiger partial charge is 0.244 e. The van der Waals surface area contributed by atoms with Gasteiger partial charge in [-0.05, 0) is 47.0 Å². The van der Waals surface area contributed by atoms with Crippen LogP contribution < -0.4 is 5.73 Å². The van der Waals surface area contributed by atoms with Crippen molar-refractivity contribution >= 4 is 26.0 Å². The van der Waals surface area contributed by atoms with Gasteiger partial charge in [0.25, 0.3) is 0 Å². The lowest BCUT2D eigenvalue weighted by Crippen LogP contribution is -2.47. The second-order valence-electron chi connectivity index (χ2n) is 4.58. The van der Waals surface area contributed by atoms with Crippen LogP contribution >= 0.6 is 15.9 Å². The lowest BCUT2D eigenvalue weighted by molar-refractivity contribution is 0.257. The van der Waals surface area contributed by atoms with Crippen molar-refractivity contribution in [1.82, 2.24) is 4.31 Å². The van der Waals surface area contributed by atoms with Gasteiger partial charge in [0.15, 0.2) is 0 Å². The molecule has 0 spiro atoms. The predicted octanol–water partition coefficient (Wildman–Crippen LogP) is 2.09. The minimum atomic E-state index is -3.63. The van der Waals surface area contributed by atoms with Crippen molar-refractivity contribution in [2.75, 3.05) is 13.1 Å². The number of sulfonamides is 1. The Balaban J connectivity index is 2.40. The monoisotopic (exact) mass is 350 g/mol. The van der Waals surface area contributed by atoms with E-state index in [0.717, 1.165) is 31.4 Å². The number of benzene rings is 1. The van der Waals surface area contributed by atoms with Crippen LogP contribution in [0.5, 0.6) is 0 Å². The van der Waals surface area contributed by atoms with E-state index in [9.17, 15) is 12.8 Å². The summed E-state index contributed by atoms with van der Waals surface area (Å²) in [5.41, 5.74) is 5.65. The fourth-order valence-electron chi connectivity index (χ4n) is 2.34. The first-order valence-electron chi connectivity index (χ1n) is 6.14. The second-order valence-corrected chi connectivity index (χ2v) is 7.29. The van der Waals surface area contributed by atoms with Gasteiger partial charge < -0.3 is 5.73 Å². The predicted molar refractivity (Wildman–Crippen MR) is 74.7 cm³/mol. The fourth-order valence-corrected chi connectivity index (χ4v) is 5.05. The number of nitrogens with zero attached hydrogens (tertiary/aromatic N) is 1. The summed E-state index contributed by atoms with van der Waals surface area (Å²) in [6.45, 7) is 0.770. The van der Waals surface area contributed by atoms with Gasteiger partial charge in [0, 0.05) is 23.6 Å². The molecule has 1 fully saturated rings. The maximum Gasteiger partial charge on any atom is 0.244 e. The number of rotatable bonds is 3. The van der Waals surface area contributed by atoms with Gasteiger partial charge in [-0.3, -0.25) is 0 Å². The van der Waals surface area contributed by atoms with E-state index in [0.29, 0.717) is 13.1 Å². The Morgan fingerprint density at radius 1 is 1.42 bits per heavy atom. The number of piperidine rings is 1. The SMILES string of the molecule is NCC1CCCCN1S(=O)(=O)c1ccc(F)cc1Br. The molecule has 1 heterocycles. The highest BCUT2D eigenvalue weighted by Gasteiger charge is 2.33. The van der Waals surface area contributed by atoms with Gasteiger partial charge in [-0.15, -0.1) is 0 Å². The van der Waals surface area contributed by atoms with Crippen LogP contribution in [0.25, 0.3) is 0 Å². The molecule has 0 radical (unpaired) electrons. The minimum Gasteiger partial charge on any atom is -0.329 e. The molecule has 1 saturated heterocycles. The summed E-state index contributed by atoms with van der Waals surface area (Å²) in [6.07, 6.45) is 2.58. The van der Waals surface area contributed by atoms with Crippen LogP contribution in [0.2, 0.25) is 0 Å². The first kappa shape index (κ1) is 14.9. The van der Waals surface area contributed by atoms with Crippen LogP contribution in [0, 0.1) is 5.82 Å². The van der Waals surface area contributed by atoms with E-state index in [4.69, 9.17) is 5.73 Å². The molecule has 1 aromatic rings. The van der Waals surface area contributed by atoms with Crippen LogP contribution in [0.4, 0.5) is 4.39 Å². The summed E-state index contributed by atoms with van der Waals surface area (Å²) < 4.78 is 40.0. The molecule has 1 atom stereocenters. The summed E-state index contributed by atoms with van der Waals surface area (Å²) in [4.78, 5) is 0.0919. The molecule has 19 heavy (non-hydrogen) atoms. The average Bonchev–Trinajstić information content (AvgIpc) is 2.38. The third-order valence-corrected chi connectivity index (χ3v) is 6.25. The molecule has 1 aliphatic heterocycles. The Morgan fingerprint density at radius 3 is 2.79 bits per heavy atom. The lowest BCUT2D eigenvalue weighted by Gasteiger charge is -2.34. The minimum absolute atomic E-state index is 0.0919. The Hall–Kier alpha value is -0.500. The molecule has 0 bridgehead atoms. The summed E-state index contributed by atoms with van der Waals surface area (Å²) >= 11 is 3.11. The molecule has 0 saturated carbocycles. The zero-order valence-corrected chi connectivity index (χ0v) is 12.8. The zero-order chi connectivity index (χ0) is 14.0. The van der Waals surface area contributed by atoms with Crippen molar-refractivity contribution in [3.05, 3.63) is 28.5 Å². The maximum atomic E-state index is 13.1. The van der Waals surface area contributed by atoms with Crippen LogP contribution in [0.3, 0.4) is 0 Å². The van der Waals surface area contributed by atoms with Gasteiger partial charge in [0.05, 0.1) is 4.90 Å². The summed E-state index contributed by atoms with van der Waals surface area (Å²) in [6, 6.07) is 3.43. The summed E-state index contributed by atoms with van der Waals surface area (Å²) in [5.74, 6) is -0.472. The van der Waals surface area contributed by atoms with Crippen molar-refractivity contribution in [1.29, 1.82) is 0 Å². The molecular weight excluding hydrogens is 335 g/mol. The molecule has 1 aliphatic rings. The highest BCUT2D eigenvalue weighted by atomic mass is 79.9. The first-order chi connectivity index (χ1) is 8.96. The Bertz CT molecular complexity index is 565. The summed E-state index contributed by atoms with van der Waals surface area (Å²) in [7, 11) is -3.63. The van der Waals surface area contributed by atoms with Crippen molar-refractivity contribution < 1.29 is 12.8 Å². The van der Waals surface area contributed by atoms with E-state index >= 15 is 0 Å². The number of halogens is 2. The molecule has 0 aromatic heterocycles. The molecule has 106 valence electrons. The van der Waals surface area contributed by atoms with Gasteiger partial charge in [-0.1, -0.05) is 6.42 Å². The van der Waals surface area contributed by atoms with Gasteiger partial charge in [0.1, 0.15) is 5.82 Å². The fraction of sp³-hybridized carbons (Fsp3) is 0.500. The van der Waals surface area contributed by atoms with E-state index < -0.39 is 15.8 Å². The Kier molecular flexibility index (Phi) is 4.60. The van der Waals surface area contributed by atoms with Crippen molar-refractivity contribution in [2.45, 2.75) is 30.2 Å². The molecule has 1 unspecified atom stereocenters. The van der Waals surface area contributed by atoms with Gasteiger partial charge in [-0.2, -0.15) is 4.31 Å². The summed E-state index contributed by atoms with van der Waals surface area (Å²) in [5, 5.41) is 0. The Morgan fingerprint density at radius 2 is 2.16 bits per heavy atom. The van der Waals surface area contributed by atoms with E-state index in [1.807, 2.05) is 0 Å². The van der Waals surface area contributed by atoms with E-state index in [1.165, 1.54) is 10.4 Å². The largest absolute Gasteiger partial charge is 0.329 e. The van der Waals surface area contributed by atoms with Crippen LogP contribution in [-0.2, 0) is 10.0 Å². The van der Waals surface area contributed by atoms with E-state index in [1.54, 1.807) is 0 Å². The number of hydrogen-bond donors (Lipinski definition) is 1. The zero-order valence-electron chi connectivity index (χ0n) is 10.4.